The number of alkyl halides is 2. The second-order valence-electron chi connectivity index (χ2n) is 2.92. The molecule has 0 fully saturated rings. The summed E-state index contributed by atoms with van der Waals surface area (Å²) in [6.07, 6.45) is 3.85. The number of allylic oxidation sites excluding steroid dienone is 2. The van der Waals surface area contributed by atoms with Crippen LogP contribution in [0.5, 0.6) is 0 Å². The fourth-order valence-corrected chi connectivity index (χ4v) is 2.35. The molecule has 0 nitrogen and oxygen atoms in total. The lowest BCUT2D eigenvalue weighted by atomic mass is 10.1. The Morgan fingerprint density at radius 3 is 2.42 bits per heavy atom. The summed E-state index contributed by atoms with van der Waals surface area (Å²) in [7, 11) is 0. The van der Waals surface area contributed by atoms with E-state index in [9.17, 15) is 0 Å². The van der Waals surface area contributed by atoms with Crippen LogP contribution in [0.2, 0.25) is 0 Å². The highest BCUT2D eigenvalue weighted by molar-refractivity contribution is 6.45. The molecule has 1 rings (SSSR count). The van der Waals surface area contributed by atoms with Crippen molar-refractivity contribution < 1.29 is 0 Å². The van der Waals surface area contributed by atoms with Crippen LogP contribution in [0.3, 0.4) is 0 Å². The van der Waals surface area contributed by atoms with E-state index in [1.54, 1.807) is 0 Å². The Balaban J connectivity index is 2.77. The van der Waals surface area contributed by atoms with Crippen molar-refractivity contribution >= 4 is 46.4 Å². The van der Waals surface area contributed by atoms with Crippen molar-refractivity contribution in [1.82, 2.24) is 0 Å². The third-order valence-corrected chi connectivity index (χ3v) is 4.13. The Kier molecular flexibility index (Phi) is 4.53. The number of halogens is 4. The molecule has 0 saturated carbocycles. The standard InChI is InChI=1S/C8H10Cl4/c9-5-3-1-2-4-6(10)8(12)7(5)11/h5,7H,1-4H2/b8-6-. The van der Waals surface area contributed by atoms with Crippen LogP contribution in [0, 0.1) is 0 Å². The van der Waals surface area contributed by atoms with E-state index in [1.807, 2.05) is 0 Å². The van der Waals surface area contributed by atoms with Gasteiger partial charge in [-0.15, -0.1) is 23.2 Å². The molecule has 0 heterocycles. The van der Waals surface area contributed by atoms with Crippen molar-refractivity contribution in [3.63, 3.8) is 0 Å². The van der Waals surface area contributed by atoms with Crippen molar-refractivity contribution in [3.8, 4) is 0 Å². The van der Waals surface area contributed by atoms with Gasteiger partial charge in [0.25, 0.3) is 0 Å². The van der Waals surface area contributed by atoms with Gasteiger partial charge in [0.2, 0.25) is 0 Å². The van der Waals surface area contributed by atoms with Gasteiger partial charge in [0.05, 0.1) is 15.8 Å². The van der Waals surface area contributed by atoms with E-state index in [0.29, 0.717) is 10.1 Å². The predicted molar refractivity (Wildman–Crippen MR) is 56.5 cm³/mol. The van der Waals surface area contributed by atoms with Crippen LogP contribution in [0.1, 0.15) is 25.7 Å². The van der Waals surface area contributed by atoms with Crippen LogP contribution in [0.25, 0.3) is 0 Å². The smallest absolute Gasteiger partial charge is 0.0867 e. The Morgan fingerprint density at radius 2 is 1.75 bits per heavy atom. The molecule has 0 radical (unpaired) electrons. The SMILES string of the molecule is Cl/C1=C(\Cl)C(Cl)C(Cl)CCCC1. The Bertz CT molecular complexity index is 187. The fraction of sp³-hybridized carbons (Fsp3) is 0.750. The fourth-order valence-electron chi connectivity index (χ4n) is 1.19. The van der Waals surface area contributed by atoms with Gasteiger partial charge in [0.15, 0.2) is 0 Å². The first kappa shape index (κ1) is 11.0. The molecular formula is C8H10Cl4. The van der Waals surface area contributed by atoms with Crippen LogP contribution in [-0.4, -0.2) is 10.8 Å². The summed E-state index contributed by atoms with van der Waals surface area (Å²) in [5.74, 6) is 0. The lowest BCUT2D eigenvalue weighted by Gasteiger charge is -2.19. The first-order chi connectivity index (χ1) is 5.63. The minimum atomic E-state index is -0.318. The van der Waals surface area contributed by atoms with Gasteiger partial charge in [-0.3, -0.25) is 0 Å². The highest BCUT2D eigenvalue weighted by atomic mass is 35.5. The van der Waals surface area contributed by atoms with Gasteiger partial charge in [-0.2, -0.15) is 0 Å². The van der Waals surface area contributed by atoms with E-state index in [-0.39, 0.29) is 10.8 Å². The Labute approximate surface area is 92.8 Å². The van der Waals surface area contributed by atoms with Gasteiger partial charge in [-0.05, 0) is 19.3 Å². The number of rotatable bonds is 0. The molecule has 0 N–H and O–H groups in total. The molecule has 0 aromatic carbocycles. The molecular weight excluding hydrogens is 238 g/mol. The van der Waals surface area contributed by atoms with Gasteiger partial charge in [0.1, 0.15) is 0 Å². The van der Waals surface area contributed by atoms with E-state index in [4.69, 9.17) is 46.4 Å². The molecule has 0 saturated heterocycles. The molecule has 0 aromatic heterocycles. The molecule has 2 unspecified atom stereocenters. The Hall–Kier alpha value is 0.900. The van der Waals surface area contributed by atoms with Gasteiger partial charge in [-0.25, -0.2) is 0 Å². The molecule has 2 atom stereocenters. The van der Waals surface area contributed by atoms with Crippen LogP contribution in [0.4, 0.5) is 0 Å². The number of hydrogen-bond acceptors (Lipinski definition) is 0. The molecule has 0 bridgehead atoms. The van der Waals surface area contributed by atoms with Crippen LogP contribution in [0.15, 0.2) is 10.1 Å². The van der Waals surface area contributed by atoms with Gasteiger partial charge >= 0.3 is 0 Å². The summed E-state index contributed by atoms with van der Waals surface area (Å²) in [5, 5.41) is 0.786. The molecule has 0 amide bonds. The third-order valence-electron chi connectivity index (χ3n) is 1.94. The lowest BCUT2D eigenvalue weighted by molar-refractivity contribution is 0.639. The summed E-state index contributed by atoms with van der Waals surface area (Å²) in [4.78, 5) is 0. The van der Waals surface area contributed by atoms with E-state index in [2.05, 4.69) is 0 Å². The lowest BCUT2D eigenvalue weighted by Crippen LogP contribution is -2.17. The van der Waals surface area contributed by atoms with Gasteiger partial charge < -0.3 is 0 Å². The largest absolute Gasteiger partial charge is 0.121 e. The number of hydrogen-bond donors (Lipinski definition) is 0. The third kappa shape index (κ3) is 2.70. The van der Waals surface area contributed by atoms with E-state index in [0.717, 1.165) is 25.7 Å². The summed E-state index contributed by atoms with van der Waals surface area (Å²) in [6.45, 7) is 0. The van der Waals surface area contributed by atoms with Crippen LogP contribution in [-0.2, 0) is 0 Å². The van der Waals surface area contributed by atoms with E-state index >= 15 is 0 Å². The summed E-state index contributed by atoms with van der Waals surface area (Å²) < 4.78 is 0. The molecule has 70 valence electrons. The van der Waals surface area contributed by atoms with Crippen molar-refractivity contribution in [2.24, 2.45) is 0 Å². The van der Waals surface area contributed by atoms with Gasteiger partial charge in [-0.1, -0.05) is 29.6 Å². The molecule has 0 aliphatic heterocycles. The second kappa shape index (κ2) is 4.95. The maximum Gasteiger partial charge on any atom is 0.0867 e. The normalized spacial score (nSPS) is 39.0. The first-order valence-corrected chi connectivity index (χ1v) is 5.58. The predicted octanol–water partition coefficient (Wildman–Crippen LogP) is 4.46. The monoisotopic (exact) mass is 246 g/mol. The minimum Gasteiger partial charge on any atom is -0.121 e. The highest BCUT2D eigenvalue weighted by Crippen LogP contribution is 2.33. The van der Waals surface area contributed by atoms with E-state index in [1.165, 1.54) is 0 Å². The average molecular weight is 248 g/mol. The second-order valence-corrected chi connectivity index (χ2v) is 4.81. The topological polar surface area (TPSA) is 0 Å². The van der Waals surface area contributed by atoms with E-state index < -0.39 is 0 Å². The maximum atomic E-state index is 6.00. The van der Waals surface area contributed by atoms with Crippen molar-refractivity contribution in [3.05, 3.63) is 10.1 Å². The summed E-state index contributed by atoms with van der Waals surface area (Å²) >= 11 is 23.8. The first-order valence-electron chi connectivity index (χ1n) is 3.95. The molecule has 1 aliphatic rings. The van der Waals surface area contributed by atoms with Crippen molar-refractivity contribution in [2.45, 2.75) is 36.4 Å². The summed E-state index contributed by atoms with van der Waals surface area (Å²) in [5.41, 5.74) is 0. The van der Waals surface area contributed by atoms with Crippen molar-refractivity contribution in [2.75, 3.05) is 0 Å². The Morgan fingerprint density at radius 1 is 1.08 bits per heavy atom. The maximum absolute atomic E-state index is 6.00. The summed E-state index contributed by atoms with van der Waals surface area (Å²) in [6, 6.07) is 0. The molecule has 12 heavy (non-hydrogen) atoms. The average Bonchev–Trinajstić information content (AvgIpc) is 2.07. The van der Waals surface area contributed by atoms with Gasteiger partial charge in [0, 0.05) is 5.03 Å². The van der Waals surface area contributed by atoms with Crippen LogP contribution < -0.4 is 0 Å². The zero-order valence-electron chi connectivity index (χ0n) is 6.49. The molecule has 0 spiro atoms. The van der Waals surface area contributed by atoms with Crippen LogP contribution >= 0.6 is 46.4 Å². The quantitative estimate of drug-likeness (QED) is 0.555. The minimum absolute atomic E-state index is 0.0896. The zero-order chi connectivity index (χ0) is 9.14. The highest BCUT2D eigenvalue weighted by Gasteiger charge is 2.23. The zero-order valence-corrected chi connectivity index (χ0v) is 9.52. The molecule has 4 heteroatoms. The van der Waals surface area contributed by atoms with Crippen molar-refractivity contribution in [1.29, 1.82) is 0 Å². The molecule has 0 aromatic rings. The molecule has 1 aliphatic carbocycles.